The Morgan fingerprint density at radius 3 is 1.17 bits per heavy atom. The van der Waals surface area contributed by atoms with Gasteiger partial charge in [-0.2, -0.15) is 5.16 Å². The predicted octanol–water partition coefficient (Wildman–Crippen LogP) is 8.36. The Kier molecular flexibility index (Phi) is 13.6. The van der Waals surface area contributed by atoms with E-state index in [2.05, 4.69) is 114 Å². The van der Waals surface area contributed by atoms with Crippen LogP contribution in [-0.2, 0) is 29.4 Å². The third kappa shape index (κ3) is 11.8. The van der Waals surface area contributed by atoms with Crippen molar-refractivity contribution in [2.45, 2.75) is 116 Å². The molecule has 0 aliphatic carbocycles. The van der Waals surface area contributed by atoms with E-state index in [4.69, 9.17) is 10.4 Å². The van der Waals surface area contributed by atoms with Crippen LogP contribution in [0.5, 0.6) is 0 Å². The second-order valence-electron chi connectivity index (χ2n) is 12.0. The molecule has 1 aromatic rings. The molecule has 2 nitrogen and oxygen atoms in total. The summed E-state index contributed by atoms with van der Waals surface area (Å²) in [6, 6.07) is 6.76. The zero-order valence-corrected chi connectivity index (χ0v) is 25.0. The van der Waals surface area contributed by atoms with Crippen molar-refractivity contribution in [1.82, 2.24) is 4.98 Å². The molecule has 0 saturated heterocycles. The smallest absolute Gasteiger partial charge is 0.753 e. The number of rotatable bonds is 4. The van der Waals surface area contributed by atoms with Crippen molar-refractivity contribution in [3.63, 3.8) is 0 Å². The summed E-state index contributed by atoms with van der Waals surface area (Å²) in [7, 11) is -1.17. The van der Waals surface area contributed by atoms with E-state index >= 15 is 0 Å². The molecule has 0 aliphatic heterocycles. The fraction of sp³-hybridized carbons (Fsp3) is 0.750. The minimum Gasteiger partial charge on any atom is -0.753 e. The van der Waals surface area contributed by atoms with Crippen LogP contribution in [0.15, 0.2) is 18.2 Å². The summed E-state index contributed by atoms with van der Waals surface area (Å²) >= 11 is 3.70. The minimum absolute atomic E-state index is 0. The molecule has 0 aromatic carbocycles. The largest absolute Gasteiger partial charge is 1.00 e. The molecule has 0 amide bonds. The maximum Gasteiger partial charge on any atom is 1.00 e. The normalized spacial score (nSPS) is 12.7. The van der Waals surface area contributed by atoms with Gasteiger partial charge in [-0.25, -0.2) is 0 Å². The predicted molar refractivity (Wildman–Crippen MR) is 143 cm³/mol. The van der Waals surface area contributed by atoms with Gasteiger partial charge in [-0.3, -0.25) is 4.98 Å². The van der Waals surface area contributed by atoms with Crippen molar-refractivity contribution in [2.75, 3.05) is 0 Å². The Bertz CT molecular complexity index is 597. The third-order valence-corrected chi connectivity index (χ3v) is 13.9. The summed E-state index contributed by atoms with van der Waals surface area (Å²) in [5.74, 6) is 0. The first-order valence-electron chi connectivity index (χ1n) is 10.5. The van der Waals surface area contributed by atoms with Crippen LogP contribution in [0, 0.1) is 0 Å². The van der Waals surface area contributed by atoms with Crippen LogP contribution in [0.2, 0.25) is 0 Å². The molecule has 0 bridgehead atoms. The molecule has 0 atom stereocenters. The number of hydrogen-bond donors (Lipinski definition) is 0. The first kappa shape index (κ1) is 32.5. The number of nitrogens with zero attached hydrogens (tertiary/aromatic N) is 2. The maximum atomic E-state index is 7.13. The molecule has 0 radical (unpaired) electrons. The van der Waals surface area contributed by atoms with Gasteiger partial charge in [0.1, 0.15) is 0 Å². The molecule has 1 rings (SSSR count). The molecule has 176 valence electrons. The monoisotopic (exact) mass is 518 g/mol. The van der Waals surface area contributed by atoms with Crippen molar-refractivity contribution in [2.24, 2.45) is 0 Å². The van der Waals surface area contributed by atoms with Crippen LogP contribution in [0.3, 0.4) is 0 Å². The van der Waals surface area contributed by atoms with Crippen LogP contribution < -0.4 is 0 Å². The van der Waals surface area contributed by atoms with Crippen molar-refractivity contribution in [1.29, 1.82) is 0 Å². The van der Waals surface area contributed by atoms with Gasteiger partial charge >= 0.3 is 17.1 Å². The quantitative estimate of drug-likeness (QED) is 0.174. The SMILES string of the molecule is CC(C)(C)[PH+](Cc1cccc(C[PH+](C(C)(C)C)C(C)(C)C)n1)C(C)(C)C.[Cu+].[N-]=C=S. The fourth-order valence-corrected chi connectivity index (χ4v) is 12.1. The van der Waals surface area contributed by atoms with Gasteiger partial charge in [0.25, 0.3) is 0 Å². The third-order valence-electron chi connectivity index (χ3n) is 5.20. The second kappa shape index (κ2) is 12.5. The Hall–Kier alpha value is 0.329. The van der Waals surface area contributed by atoms with Crippen LogP contribution in [0.1, 0.15) is 94.5 Å². The molecule has 0 aliphatic rings. The minimum atomic E-state index is -0.583. The number of aromatic nitrogens is 1. The topological polar surface area (TPSA) is 35.2 Å². The van der Waals surface area contributed by atoms with E-state index in [-0.39, 0.29) is 17.1 Å². The molecule has 30 heavy (non-hydrogen) atoms. The molecule has 0 saturated carbocycles. The first-order valence-corrected chi connectivity index (χ1v) is 14.4. The second-order valence-corrected chi connectivity index (χ2v) is 20.8. The average Bonchev–Trinajstić information content (AvgIpc) is 2.47. The molecular weight excluding hydrogens is 474 g/mol. The number of hydrogen-bond acceptors (Lipinski definition) is 2. The Morgan fingerprint density at radius 2 is 0.967 bits per heavy atom. The number of thiocarbonyl (C=S) groups is 1. The van der Waals surface area contributed by atoms with Gasteiger partial charge in [-0.05, 0) is 95.2 Å². The maximum absolute atomic E-state index is 7.13. The summed E-state index contributed by atoms with van der Waals surface area (Å²) in [5, 5.41) is 9.99. The fourth-order valence-electron chi connectivity index (χ4n) is 4.40. The van der Waals surface area contributed by atoms with E-state index < -0.39 is 15.8 Å². The first-order chi connectivity index (χ1) is 12.8. The summed E-state index contributed by atoms with van der Waals surface area (Å²) in [6.45, 7) is 29.0. The summed E-state index contributed by atoms with van der Waals surface area (Å²) < 4.78 is 0. The van der Waals surface area contributed by atoms with Crippen molar-refractivity contribution in [3.8, 4) is 0 Å². The zero-order valence-electron chi connectivity index (χ0n) is 21.3. The van der Waals surface area contributed by atoms with Gasteiger partial charge in [0.05, 0.1) is 44.3 Å². The van der Waals surface area contributed by atoms with Crippen molar-refractivity contribution < 1.29 is 17.1 Å². The average molecular weight is 519 g/mol. The van der Waals surface area contributed by atoms with E-state index in [1.165, 1.54) is 28.9 Å². The molecule has 0 spiro atoms. The summed E-state index contributed by atoms with van der Waals surface area (Å²) in [4.78, 5) is 5.16. The summed E-state index contributed by atoms with van der Waals surface area (Å²) in [5.41, 5.74) is 2.62. The Labute approximate surface area is 205 Å². The van der Waals surface area contributed by atoms with E-state index in [1.54, 1.807) is 0 Å². The zero-order chi connectivity index (χ0) is 23.3. The van der Waals surface area contributed by atoms with E-state index in [1.807, 2.05) is 0 Å². The van der Waals surface area contributed by atoms with Crippen LogP contribution in [0.25, 0.3) is 5.41 Å². The van der Waals surface area contributed by atoms with E-state index in [0.29, 0.717) is 20.6 Å². The Morgan fingerprint density at radius 1 is 0.733 bits per heavy atom. The molecule has 1 aromatic heterocycles. The van der Waals surface area contributed by atoms with Gasteiger partial charge in [0.2, 0.25) is 0 Å². The Balaban J connectivity index is 0. The summed E-state index contributed by atoms with van der Waals surface area (Å²) in [6.07, 6.45) is 2.33. The molecule has 0 unspecified atom stereocenters. The number of pyridine rings is 1. The van der Waals surface area contributed by atoms with Crippen LogP contribution in [0.4, 0.5) is 0 Å². The number of isothiocyanates is 1. The van der Waals surface area contributed by atoms with Gasteiger partial charge < -0.3 is 5.41 Å². The van der Waals surface area contributed by atoms with Crippen LogP contribution in [-0.4, -0.2) is 30.8 Å². The van der Waals surface area contributed by atoms with E-state index in [9.17, 15) is 0 Å². The molecule has 0 N–H and O–H groups in total. The van der Waals surface area contributed by atoms with Gasteiger partial charge in [-0.1, -0.05) is 18.3 Å². The van der Waals surface area contributed by atoms with Gasteiger partial charge in [0.15, 0.2) is 0 Å². The molecular formula is C24H45CuN2P2S+2. The standard InChI is InChI=1S/C23H43NP2.CNS.Cu/c1-20(2,3)25(21(4,5)6)16-18-14-13-15-19(24-18)17-26(22(7,8)9)23(10,11)12;2-1-3;/h13-15H,16-17H2,1-12H3;;/q;-1;+1/p+2. The molecule has 1 heterocycles. The van der Waals surface area contributed by atoms with E-state index in [0.717, 1.165) is 0 Å². The van der Waals surface area contributed by atoms with Crippen LogP contribution >= 0.6 is 28.1 Å². The molecule has 0 fully saturated rings. The van der Waals surface area contributed by atoms with Crippen molar-refractivity contribution in [3.05, 3.63) is 35.0 Å². The molecule has 6 heteroatoms. The van der Waals surface area contributed by atoms with Gasteiger partial charge in [-0.15, -0.1) is 0 Å². The van der Waals surface area contributed by atoms with Gasteiger partial charge in [0, 0.05) is 15.8 Å². The van der Waals surface area contributed by atoms with Crippen molar-refractivity contribution >= 4 is 33.2 Å².